The lowest BCUT2D eigenvalue weighted by Gasteiger charge is -2.34. The highest BCUT2D eigenvalue weighted by Crippen LogP contribution is 2.28. The fraction of sp³-hybridized carbons (Fsp3) is 0.588. The van der Waals surface area contributed by atoms with Crippen LogP contribution in [0.25, 0.3) is 0 Å². The Morgan fingerprint density at radius 1 is 1.22 bits per heavy atom. The average Bonchev–Trinajstić information content (AvgIpc) is 3.06. The van der Waals surface area contributed by atoms with Gasteiger partial charge in [-0.2, -0.15) is 4.31 Å². The molecular weight excluding hydrogens is 372 g/mol. The lowest BCUT2D eigenvalue weighted by molar-refractivity contribution is -0.385. The van der Waals surface area contributed by atoms with Crippen LogP contribution in [0.15, 0.2) is 29.2 Å². The fourth-order valence-corrected chi connectivity index (χ4v) is 5.22. The van der Waals surface area contributed by atoms with Crippen LogP contribution in [-0.2, 0) is 14.8 Å². The molecule has 1 heterocycles. The predicted octanol–water partition coefficient (Wildman–Crippen LogP) is 0.945. The van der Waals surface area contributed by atoms with E-state index in [0.717, 1.165) is 25.3 Å². The minimum atomic E-state index is -3.83. The van der Waals surface area contributed by atoms with E-state index in [2.05, 4.69) is 0 Å². The molecule has 1 saturated carbocycles. The van der Waals surface area contributed by atoms with E-state index in [1.165, 1.54) is 22.5 Å². The van der Waals surface area contributed by atoms with Crippen molar-refractivity contribution < 1.29 is 18.1 Å². The molecule has 2 atom stereocenters. The first kappa shape index (κ1) is 19.7. The molecule has 1 amide bonds. The summed E-state index contributed by atoms with van der Waals surface area (Å²) in [4.78, 5) is 24.3. The van der Waals surface area contributed by atoms with Gasteiger partial charge in [0.15, 0.2) is 0 Å². The number of rotatable bonds is 5. The van der Waals surface area contributed by atoms with Crippen molar-refractivity contribution in [1.29, 1.82) is 0 Å². The topological polar surface area (TPSA) is 127 Å². The second kappa shape index (κ2) is 7.91. The van der Waals surface area contributed by atoms with Gasteiger partial charge in [-0.05, 0) is 24.8 Å². The van der Waals surface area contributed by atoms with Crippen LogP contribution in [0.2, 0.25) is 0 Å². The third-order valence-electron chi connectivity index (χ3n) is 5.41. The molecule has 9 nitrogen and oxygen atoms in total. The van der Waals surface area contributed by atoms with Gasteiger partial charge in [-0.25, -0.2) is 8.42 Å². The van der Waals surface area contributed by atoms with E-state index in [0.29, 0.717) is 19.5 Å². The van der Waals surface area contributed by atoms with Gasteiger partial charge in [-0.3, -0.25) is 14.9 Å². The van der Waals surface area contributed by atoms with E-state index < -0.39 is 14.9 Å². The highest BCUT2D eigenvalue weighted by Gasteiger charge is 2.33. The quantitative estimate of drug-likeness (QED) is 0.583. The molecule has 0 bridgehead atoms. The molecule has 1 aromatic carbocycles. The van der Waals surface area contributed by atoms with Gasteiger partial charge < -0.3 is 10.6 Å². The van der Waals surface area contributed by atoms with Crippen molar-refractivity contribution in [3.63, 3.8) is 0 Å². The summed E-state index contributed by atoms with van der Waals surface area (Å²) in [6.45, 7) is 0.977. The van der Waals surface area contributed by atoms with Gasteiger partial charge >= 0.3 is 0 Å². The number of nitro groups is 1. The van der Waals surface area contributed by atoms with Crippen LogP contribution in [0.5, 0.6) is 0 Å². The highest BCUT2D eigenvalue weighted by atomic mass is 32.2. The van der Waals surface area contributed by atoms with Crippen LogP contribution in [-0.4, -0.2) is 60.7 Å². The summed E-state index contributed by atoms with van der Waals surface area (Å²) < 4.78 is 26.8. The van der Waals surface area contributed by atoms with Crippen molar-refractivity contribution in [2.75, 3.05) is 26.2 Å². The zero-order valence-corrected chi connectivity index (χ0v) is 15.8. The first-order valence-electron chi connectivity index (χ1n) is 9.07. The summed E-state index contributed by atoms with van der Waals surface area (Å²) in [6.07, 6.45) is 3.38. The van der Waals surface area contributed by atoms with Crippen LogP contribution in [0.4, 0.5) is 5.69 Å². The zero-order chi connectivity index (χ0) is 19.6. The SMILES string of the molecule is N[C@@H]1CCC[C@H]1CC(=O)N1CCN(S(=O)(=O)c2cccc([N+](=O)[O-])c2)CC1. The standard InChI is InChI=1S/C17H24N4O5S/c18-16-6-1-3-13(16)11-17(22)19-7-9-20(10-8-19)27(25,26)15-5-2-4-14(12-15)21(23)24/h2,4-5,12-13,16H,1,3,6-11,18H2/t13-,16+/m0/s1. The molecule has 0 radical (unpaired) electrons. The predicted molar refractivity (Wildman–Crippen MR) is 98.4 cm³/mol. The zero-order valence-electron chi connectivity index (χ0n) is 15.0. The molecule has 27 heavy (non-hydrogen) atoms. The maximum atomic E-state index is 12.7. The lowest BCUT2D eigenvalue weighted by atomic mass is 9.99. The van der Waals surface area contributed by atoms with Crippen LogP contribution >= 0.6 is 0 Å². The smallest absolute Gasteiger partial charge is 0.270 e. The normalized spacial score (nSPS) is 24.1. The molecule has 2 N–H and O–H groups in total. The second-order valence-electron chi connectivity index (χ2n) is 7.10. The van der Waals surface area contributed by atoms with Gasteiger partial charge in [0.1, 0.15) is 0 Å². The van der Waals surface area contributed by atoms with Gasteiger partial charge in [-0.1, -0.05) is 12.5 Å². The number of nitrogens with two attached hydrogens (primary N) is 1. The number of nitrogens with zero attached hydrogens (tertiary/aromatic N) is 3. The van der Waals surface area contributed by atoms with Gasteiger partial charge in [0.25, 0.3) is 5.69 Å². The van der Waals surface area contributed by atoms with Crippen molar-refractivity contribution in [1.82, 2.24) is 9.21 Å². The number of benzene rings is 1. The summed E-state index contributed by atoms with van der Waals surface area (Å²) in [6, 6.07) is 5.10. The molecule has 3 rings (SSSR count). The van der Waals surface area contributed by atoms with Crippen LogP contribution in [0.1, 0.15) is 25.7 Å². The van der Waals surface area contributed by atoms with Crippen LogP contribution in [0, 0.1) is 16.0 Å². The number of nitro benzene ring substituents is 1. The molecule has 2 aliphatic rings. The summed E-state index contributed by atoms with van der Waals surface area (Å²) in [5.74, 6) is 0.230. The maximum absolute atomic E-state index is 12.7. The number of amides is 1. The number of hydrogen-bond acceptors (Lipinski definition) is 6. The Hall–Kier alpha value is -2.04. The van der Waals surface area contributed by atoms with Crippen molar-refractivity contribution in [3.8, 4) is 0 Å². The number of carbonyl (C=O) groups is 1. The van der Waals surface area contributed by atoms with Crippen molar-refractivity contribution in [2.24, 2.45) is 11.7 Å². The van der Waals surface area contributed by atoms with Crippen LogP contribution < -0.4 is 5.73 Å². The lowest BCUT2D eigenvalue weighted by Crippen LogP contribution is -2.51. The van der Waals surface area contributed by atoms with Gasteiger partial charge in [-0.15, -0.1) is 0 Å². The average molecular weight is 396 g/mol. The van der Waals surface area contributed by atoms with E-state index in [4.69, 9.17) is 5.73 Å². The monoisotopic (exact) mass is 396 g/mol. The number of carbonyl (C=O) groups excluding carboxylic acids is 1. The van der Waals surface area contributed by atoms with Gasteiger partial charge in [0, 0.05) is 50.8 Å². The molecule has 148 valence electrons. The summed E-state index contributed by atoms with van der Waals surface area (Å²) in [7, 11) is -3.83. The highest BCUT2D eigenvalue weighted by molar-refractivity contribution is 7.89. The number of hydrogen-bond donors (Lipinski definition) is 1. The van der Waals surface area contributed by atoms with Crippen molar-refractivity contribution in [3.05, 3.63) is 34.4 Å². The molecule has 1 aliphatic heterocycles. The number of sulfonamides is 1. The Morgan fingerprint density at radius 2 is 1.93 bits per heavy atom. The summed E-state index contributed by atoms with van der Waals surface area (Å²) in [5.41, 5.74) is 5.76. The summed E-state index contributed by atoms with van der Waals surface area (Å²) in [5, 5.41) is 10.9. The molecule has 1 aromatic rings. The van der Waals surface area contributed by atoms with Crippen LogP contribution in [0.3, 0.4) is 0 Å². The first-order chi connectivity index (χ1) is 12.8. The Balaban J connectivity index is 1.62. The maximum Gasteiger partial charge on any atom is 0.270 e. The van der Waals surface area contributed by atoms with Gasteiger partial charge in [0.05, 0.1) is 9.82 Å². The van der Waals surface area contributed by atoms with Gasteiger partial charge in [0.2, 0.25) is 15.9 Å². The molecule has 1 saturated heterocycles. The third kappa shape index (κ3) is 4.28. The Morgan fingerprint density at radius 3 is 2.52 bits per heavy atom. The van der Waals surface area contributed by atoms with E-state index in [9.17, 15) is 23.3 Å². The largest absolute Gasteiger partial charge is 0.340 e. The van der Waals surface area contributed by atoms with E-state index in [1.54, 1.807) is 4.90 Å². The molecule has 0 spiro atoms. The minimum Gasteiger partial charge on any atom is -0.340 e. The summed E-state index contributed by atoms with van der Waals surface area (Å²) >= 11 is 0. The molecule has 0 aromatic heterocycles. The molecule has 0 unspecified atom stereocenters. The van der Waals surface area contributed by atoms with E-state index >= 15 is 0 Å². The van der Waals surface area contributed by atoms with E-state index in [-0.39, 0.29) is 41.5 Å². The Labute approximate surface area is 158 Å². The minimum absolute atomic E-state index is 0.0183. The molecule has 2 fully saturated rings. The third-order valence-corrected chi connectivity index (χ3v) is 7.31. The second-order valence-corrected chi connectivity index (χ2v) is 9.04. The van der Waals surface area contributed by atoms with Crippen molar-refractivity contribution >= 4 is 21.6 Å². The van der Waals surface area contributed by atoms with E-state index in [1.807, 2.05) is 0 Å². The van der Waals surface area contributed by atoms with Crippen molar-refractivity contribution in [2.45, 2.75) is 36.6 Å². The number of piperazine rings is 1. The Kier molecular flexibility index (Phi) is 5.78. The fourth-order valence-electron chi connectivity index (χ4n) is 3.76. The molecule has 1 aliphatic carbocycles. The first-order valence-corrected chi connectivity index (χ1v) is 10.5. The Bertz CT molecular complexity index is 820. The molecular formula is C17H24N4O5S. The number of non-ortho nitro benzene ring substituents is 1. The molecule has 10 heteroatoms.